The van der Waals surface area contributed by atoms with Crippen molar-refractivity contribution < 1.29 is 9.59 Å². The highest BCUT2D eigenvalue weighted by atomic mass is 32.2. The summed E-state index contributed by atoms with van der Waals surface area (Å²) in [6.07, 6.45) is 0. The van der Waals surface area contributed by atoms with Crippen LogP contribution in [0.5, 0.6) is 0 Å². The Morgan fingerprint density at radius 1 is 1.21 bits per heavy atom. The van der Waals surface area contributed by atoms with Crippen LogP contribution in [-0.4, -0.2) is 39.0 Å². The fraction of sp³-hybridized carbons (Fsp3) is 0.333. The molecule has 0 saturated carbocycles. The maximum atomic E-state index is 12.6. The van der Waals surface area contributed by atoms with Gasteiger partial charge in [0.1, 0.15) is 11.9 Å². The molecule has 6 nitrogen and oxygen atoms in total. The smallest absolute Gasteiger partial charge is 0.271 e. The Bertz CT molecular complexity index is 998. The van der Waals surface area contributed by atoms with Crippen LogP contribution in [0, 0.1) is 5.92 Å². The highest BCUT2D eigenvalue weighted by molar-refractivity contribution is 8.14. The van der Waals surface area contributed by atoms with Gasteiger partial charge in [-0.05, 0) is 36.4 Å². The zero-order valence-electron chi connectivity index (χ0n) is 16.5. The van der Waals surface area contributed by atoms with E-state index in [9.17, 15) is 9.59 Å². The molecular formula is C21H22N4O2S2. The van der Waals surface area contributed by atoms with Crippen LogP contribution in [0.25, 0.3) is 0 Å². The third kappa shape index (κ3) is 3.86. The van der Waals surface area contributed by atoms with E-state index in [1.807, 2.05) is 67.4 Å². The van der Waals surface area contributed by atoms with Crippen molar-refractivity contribution in [3.05, 3.63) is 52.2 Å². The summed E-state index contributed by atoms with van der Waals surface area (Å²) in [6.45, 7) is 6.37. The lowest BCUT2D eigenvalue weighted by atomic mass is 10.0. The van der Waals surface area contributed by atoms with E-state index in [1.54, 1.807) is 11.3 Å². The zero-order chi connectivity index (χ0) is 20.5. The zero-order valence-corrected chi connectivity index (χ0v) is 18.1. The highest BCUT2D eigenvalue weighted by Crippen LogP contribution is 2.36. The molecule has 8 heteroatoms. The number of nitrogens with zero attached hydrogens (tertiary/aromatic N) is 3. The van der Waals surface area contributed by atoms with Crippen LogP contribution in [-0.2, 0) is 16.1 Å². The number of carbonyl (C=O) groups is 2. The number of rotatable bonds is 5. The van der Waals surface area contributed by atoms with E-state index in [0.717, 1.165) is 16.1 Å². The van der Waals surface area contributed by atoms with Crippen molar-refractivity contribution in [1.82, 2.24) is 10.2 Å². The second-order valence-corrected chi connectivity index (χ2v) is 9.64. The van der Waals surface area contributed by atoms with E-state index in [4.69, 9.17) is 4.99 Å². The molecule has 2 aromatic rings. The standard InChI is InChI=1S/C21H22N4O2S2/c1-12(2)17-20(27)24-18-15-8-4-5-9-16(15)23-21(25(17)18)29-13(3)19(26)22-11-14-7-6-10-28-14/h4-10,12-13,17H,11H2,1-3H3,(H,22,26). The van der Waals surface area contributed by atoms with Crippen molar-refractivity contribution in [2.24, 2.45) is 15.9 Å². The molecule has 150 valence electrons. The number of fused-ring (bicyclic) bond motifs is 3. The summed E-state index contributed by atoms with van der Waals surface area (Å²) >= 11 is 2.98. The Balaban J connectivity index is 1.58. The molecule has 2 atom stereocenters. The van der Waals surface area contributed by atoms with Gasteiger partial charge in [-0.1, -0.05) is 43.8 Å². The van der Waals surface area contributed by atoms with Crippen LogP contribution < -0.4 is 5.32 Å². The minimum Gasteiger partial charge on any atom is -0.350 e. The van der Waals surface area contributed by atoms with E-state index >= 15 is 0 Å². The fourth-order valence-corrected chi connectivity index (χ4v) is 5.01. The summed E-state index contributed by atoms with van der Waals surface area (Å²) in [7, 11) is 0. The second-order valence-electron chi connectivity index (χ2n) is 7.30. The van der Waals surface area contributed by atoms with E-state index in [2.05, 4.69) is 10.3 Å². The number of thiophene rings is 1. The lowest BCUT2D eigenvalue weighted by Gasteiger charge is -2.33. The van der Waals surface area contributed by atoms with Gasteiger partial charge in [0, 0.05) is 10.4 Å². The first-order valence-electron chi connectivity index (χ1n) is 9.52. The van der Waals surface area contributed by atoms with Crippen molar-refractivity contribution in [2.45, 2.75) is 38.6 Å². The Morgan fingerprint density at radius 2 is 2.00 bits per heavy atom. The first kappa shape index (κ1) is 19.8. The van der Waals surface area contributed by atoms with E-state index < -0.39 is 6.04 Å². The lowest BCUT2D eigenvalue weighted by molar-refractivity contribution is -0.121. The number of amides is 2. The molecule has 0 bridgehead atoms. The van der Waals surface area contributed by atoms with Crippen LogP contribution in [0.15, 0.2) is 51.8 Å². The van der Waals surface area contributed by atoms with E-state index in [0.29, 0.717) is 17.5 Å². The van der Waals surface area contributed by atoms with Crippen molar-refractivity contribution >= 4 is 51.6 Å². The van der Waals surface area contributed by atoms with Gasteiger partial charge in [-0.15, -0.1) is 11.3 Å². The molecule has 3 heterocycles. The van der Waals surface area contributed by atoms with Gasteiger partial charge in [0.15, 0.2) is 5.17 Å². The summed E-state index contributed by atoms with van der Waals surface area (Å²) in [4.78, 5) is 37.4. The minimum atomic E-state index is -0.397. The Kier molecular flexibility index (Phi) is 5.56. The second kappa shape index (κ2) is 8.12. The van der Waals surface area contributed by atoms with Gasteiger partial charge in [0.05, 0.1) is 17.5 Å². The molecule has 2 amide bonds. The Labute approximate surface area is 178 Å². The molecule has 29 heavy (non-hydrogen) atoms. The van der Waals surface area contributed by atoms with Crippen molar-refractivity contribution in [3.63, 3.8) is 0 Å². The molecule has 1 aromatic carbocycles. The van der Waals surface area contributed by atoms with Gasteiger partial charge in [-0.25, -0.2) is 4.99 Å². The molecule has 0 aliphatic carbocycles. The number of hydrogen-bond acceptors (Lipinski definition) is 6. The van der Waals surface area contributed by atoms with Crippen molar-refractivity contribution in [2.75, 3.05) is 0 Å². The number of amidine groups is 2. The molecule has 4 rings (SSSR count). The van der Waals surface area contributed by atoms with Gasteiger partial charge in [0.25, 0.3) is 5.91 Å². The fourth-order valence-electron chi connectivity index (χ4n) is 3.39. The lowest BCUT2D eigenvalue weighted by Crippen LogP contribution is -2.47. The van der Waals surface area contributed by atoms with Crippen LogP contribution in [0.1, 0.15) is 31.2 Å². The van der Waals surface area contributed by atoms with Crippen LogP contribution >= 0.6 is 23.1 Å². The van der Waals surface area contributed by atoms with E-state index in [1.165, 1.54) is 11.8 Å². The van der Waals surface area contributed by atoms with Crippen LogP contribution in [0.2, 0.25) is 0 Å². The first-order valence-corrected chi connectivity index (χ1v) is 11.3. The first-order chi connectivity index (χ1) is 14.0. The Morgan fingerprint density at radius 3 is 2.72 bits per heavy atom. The molecule has 1 N–H and O–H groups in total. The monoisotopic (exact) mass is 426 g/mol. The van der Waals surface area contributed by atoms with Gasteiger partial charge in [0.2, 0.25) is 5.91 Å². The predicted octanol–water partition coefficient (Wildman–Crippen LogP) is 3.80. The van der Waals surface area contributed by atoms with Crippen LogP contribution in [0.3, 0.4) is 0 Å². The average molecular weight is 427 g/mol. The number of carbonyl (C=O) groups excluding carboxylic acids is 2. The molecule has 1 aromatic heterocycles. The highest BCUT2D eigenvalue weighted by Gasteiger charge is 2.43. The number of benzene rings is 1. The Hall–Kier alpha value is -2.45. The molecule has 0 spiro atoms. The summed E-state index contributed by atoms with van der Waals surface area (Å²) in [6, 6.07) is 11.2. The molecule has 2 aliphatic rings. The summed E-state index contributed by atoms with van der Waals surface area (Å²) in [5, 5.41) is 5.25. The molecule has 2 unspecified atom stereocenters. The summed E-state index contributed by atoms with van der Waals surface area (Å²) in [5.41, 5.74) is 1.62. The van der Waals surface area contributed by atoms with Gasteiger partial charge in [-0.2, -0.15) is 4.99 Å². The number of thioether (sulfide) groups is 1. The van der Waals surface area contributed by atoms with Gasteiger partial charge < -0.3 is 5.32 Å². The van der Waals surface area contributed by atoms with Crippen molar-refractivity contribution in [3.8, 4) is 0 Å². The molecule has 0 saturated heterocycles. The topological polar surface area (TPSA) is 74.1 Å². The molecule has 0 fully saturated rings. The van der Waals surface area contributed by atoms with Crippen molar-refractivity contribution in [1.29, 1.82) is 0 Å². The summed E-state index contributed by atoms with van der Waals surface area (Å²) in [5.74, 6) is 0.487. The van der Waals surface area contributed by atoms with Gasteiger partial charge in [-0.3, -0.25) is 14.5 Å². The predicted molar refractivity (Wildman–Crippen MR) is 119 cm³/mol. The molecular weight excluding hydrogens is 404 g/mol. The average Bonchev–Trinajstić information content (AvgIpc) is 3.33. The number of nitrogens with one attached hydrogen (secondary N) is 1. The van der Waals surface area contributed by atoms with Gasteiger partial charge >= 0.3 is 0 Å². The number of hydrogen-bond donors (Lipinski definition) is 1. The largest absolute Gasteiger partial charge is 0.350 e. The maximum absolute atomic E-state index is 12.6. The normalized spacial score (nSPS) is 18.8. The number of para-hydroxylation sites is 1. The minimum absolute atomic E-state index is 0.0601. The molecule has 2 aliphatic heterocycles. The number of aliphatic imine (C=N–C) groups is 2. The van der Waals surface area contributed by atoms with Crippen LogP contribution in [0.4, 0.5) is 5.69 Å². The maximum Gasteiger partial charge on any atom is 0.271 e. The SMILES string of the molecule is CC(SC1=Nc2ccccc2C2=NC(=O)C(C(C)C)N12)C(=O)NCc1cccs1. The third-order valence-corrected chi connectivity index (χ3v) is 6.79. The quantitative estimate of drug-likeness (QED) is 0.789. The molecule has 0 radical (unpaired) electrons. The summed E-state index contributed by atoms with van der Waals surface area (Å²) < 4.78 is 0. The third-order valence-electron chi connectivity index (χ3n) is 4.84. The van der Waals surface area contributed by atoms with E-state index in [-0.39, 0.29) is 23.0 Å².